The third kappa shape index (κ3) is 2.04. The van der Waals surface area contributed by atoms with Crippen LogP contribution in [0.1, 0.15) is 23.4 Å². The van der Waals surface area contributed by atoms with Gasteiger partial charge in [-0.3, -0.25) is 10.1 Å². The van der Waals surface area contributed by atoms with Gasteiger partial charge in [0.05, 0.1) is 10.5 Å². The number of halogens is 2. The Balaban J connectivity index is 3.44. The van der Waals surface area contributed by atoms with Gasteiger partial charge in [-0.15, -0.1) is 0 Å². The van der Waals surface area contributed by atoms with E-state index in [0.717, 1.165) is 6.07 Å². The molecule has 1 rings (SSSR count). The number of nitrogens with zero attached hydrogens (tertiary/aromatic N) is 3. The zero-order valence-electron chi connectivity index (χ0n) is 7.57. The van der Waals surface area contributed by atoms with E-state index in [9.17, 15) is 18.9 Å². The summed E-state index contributed by atoms with van der Waals surface area (Å²) in [7, 11) is 0. The minimum absolute atomic E-state index is 0.130. The van der Waals surface area contributed by atoms with Crippen LogP contribution in [0, 0.1) is 28.4 Å². The first-order valence-corrected chi connectivity index (χ1v) is 3.81. The zero-order valence-corrected chi connectivity index (χ0v) is 7.57. The van der Waals surface area contributed by atoms with Crippen molar-refractivity contribution in [1.29, 1.82) is 5.26 Å². The molecule has 1 heterocycles. The summed E-state index contributed by atoms with van der Waals surface area (Å²) in [6.45, 7) is 1.24. The second-order valence-corrected chi connectivity index (χ2v) is 2.70. The maximum absolute atomic E-state index is 12.3. The van der Waals surface area contributed by atoms with Gasteiger partial charge in [-0.2, -0.15) is 5.26 Å². The van der Waals surface area contributed by atoms with Crippen LogP contribution >= 0.6 is 0 Å². The van der Waals surface area contributed by atoms with Gasteiger partial charge in [-0.05, 0) is 6.92 Å². The Labute approximate surface area is 83.1 Å². The minimum atomic E-state index is -2.92. The fourth-order valence-electron chi connectivity index (χ4n) is 1.05. The molecule has 0 spiro atoms. The molecule has 0 fully saturated rings. The fourth-order valence-corrected chi connectivity index (χ4v) is 1.05. The monoisotopic (exact) mass is 213 g/mol. The summed E-state index contributed by atoms with van der Waals surface area (Å²) in [6.07, 6.45) is -2.92. The number of aromatic nitrogens is 1. The van der Waals surface area contributed by atoms with Crippen LogP contribution in [-0.4, -0.2) is 9.91 Å². The van der Waals surface area contributed by atoms with Crippen LogP contribution < -0.4 is 0 Å². The van der Waals surface area contributed by atoms with Crippen molar-refractivity contribution in [3.8, 4) is 6.07 Å². The quantitative estimate of drug-likeness (QED) is 0.556. The molecule has 0 aliphatic heterocycles. The van der Waals surface area contributed by atoms with Crippen molar-refractivity contribution in [3.63, 3.8) is 0 Å². The average Bonchev–Trinajstić information content (AvgIpc) is 2.16. The first-order valence-electron chi connectivity index (χ1n) is 3.81. The van der Waals surface area contributed by atoms with Gasteiger partial charge in [0.2, 0.25) is 0 Å². The van der Waals surface area contributed by atoms with E-state index < -0.39 is 28.3 Å². The Hall–Kier alpha value is -2.10. The first-order chi connectivity index (χ1) is 6.97. The van der Waals surface area contributed by atoms with Gasteiger partial charge in [0.25, 0.3) is 12.1 Å². The topological polar surface area (TPSA) is 79.8 Å². The first kappa shape index (κ1) is 11.0. The van der Waals surface area contributed by atoms with E-state index >= 15 is 0 Å². The van der Waals surface area contributed by atoms with Crippen molar-refractivity contribution >= 4 is 5.69 Å². The molecular weight excluding hydrogens is 208 g/mol. The number of rotatable bonds is 2. The molecule has 0 aromatic carbocycles. The number of nitriles is 1. The summed E-state index contributed by atoms with van der Waals surface area (Å²) in [5.74, 6) is 0. The van der Waals surface area contributed by atoms with Gasteiger partial charge in [0.15, 0.2) is 0 Å². The Bertz CT molecular complexity index is 454. The molecule has 0 atom stereocenters. The lowest BCUT2D eigenvalue weighted by atomic mass is 10.1. The highest BCUT2D eigenvalue weighted by molar-refractivity contribution is 5.46. The lowest BCUT2D eigenvalue weighted by molar-refractivity contribution is -0.385. The number of hydrogen-bond donors (Lipinski definition) is 0. The van der Waals surface area contributed by atoms with Crippen molar-refractivity contribution in [2.75, 3.05) is 0 Å². The lowest BCUT2D eigenvalue weighted by Crippen LogP contribution is -2.02. The van der Waals surface area contributed by atoms with E-state index in [2.05, 4.69) is 4.98 Å². The van der Waals surface area contributed by atoms with Crippen molar-refractivity contribution in [2.45, 2.75) is 13.3 Å². The number of pyridine rings is 1. The number of aryl methyl sites for hydroxylation is 1. The third-order valence-corrected chi connectivity index (χ3v) is 1.74. The maximum Gasteiger partial charge on any atom is 0.291 e. The standard InChI is InChI=1S/C8H5F2N3O2/c1-4-6(13(14)15)2-5(3-11)7(12-4)8(9)10/h2,8H,1H3. The number of hydrogen-bond acceptors (Lipinski definition) is 4. The molecule has 0 amide bonds. The van der Waals surface area contributed by atoms with Crippen LogP contribution in [0.4, 0.5) is 14.5 Å². The zero-order chi connectivity index (χ0) is 11.6. The molecule has 1 aromatic heterocycles. The molecule has 0 aliphatic carbocycles. The minimum Gasteiger partial charge on any atom is -0.258 e. The smallest absolute Gasteiger partial charge is 0.258 e. The van der Waals surface area contributed by atoms with E-state index in [1.54, 1.807) is 0 Å². The Morgan fingerprint density at radius 2 is 2.27 bits per heavy atom. The summed E-state index contributed by atoms with van der Waals surface area (Å²) in [5.41, 5.74) is -1.76. The summed E-state index contributed by atoms with van der Waals surface area (Å²) < 4.78 is 24.7. The molecule has 7 heteroatoms. The fraction of sp³-hybridized carbons (Fsp3) is 0.250. The molecule has 1 aromatic rings. The van der Waals surface area contributed by atoms with Gasteiger partial charge in [-0.1, -0.05) is 0 Å². The van der Waals surface area contributed by atoms with E-state index in [0.29, 0.717) is 0 Å². The van der Waals surface area contributed by atoms with Gasteiger partial charge >= 0.3 is 0 Å². The molecular formula is C8H5F2N3O2. The van der Waals surface area contributed by atoms with Crippen molar-refractivity contribution in [3.05, 3.63) is 33.1 Å². The van der Waals surface area contributed by atoms with Gasteiger partial charge < -0.3 is 0 Å². The molecule has 78 valence electrons. The van der Waals surface area contributed by atoms with Gasteiger partial charge in [-0.25, -0.2) is 13.8 Å². The van der Waals surface area contributed by atoms with Crippen molar-refractivity contribution in [2.24, 2.45) is 0 Å². The van der Waals surface area contributed by atoms with Crippen LogP contribution in [0.15, 0.2) is 6.07 Å². The van der Waals surface area contributed by atoms with E-state index in [1.807, 2.05) is 0 Å². The van der Waals surface area contributed by atoms with Crippen molar-refractivity contribution < 1.29 is 13.7 Å². The molecule has 0 saturated heterocycles. The third-order valence-electron chi connectivity index (χ3n) is 1.74. The van der Waals surface area contributed by atoms with E-state index in [4.69, 9.17) is 5.26 Å². The molecule has 0 aliphatic rings. The van der Waals surface area contributed by atoms with Crippen molar-refractivity contribution in [1.82, 2.24) is 4.98 Å². The lowest BCUT2D eigenvalue weighted by Gasteiger charge is -2.03. The largest absolute Gasteiger partial charge is 0.291 e. The van der Waals surface area contributed by atoms with Crippen LogP contribution in [0.25, 0.3) is 0 Å². The second-order valence-electron chi connectivity index (χ2n) is 2.70. The highest BCUT2D eigenvalue weighted by atomic mass is 19.3. The van der Waals surface area contributed by atoms with E-state index in [1.165, 1.54) is 13.0 Å². The highest BCUT2D eigenvalue weighted by Crippen LogP contribution is 2.25. The normalized spacial score (nSPS) is 10.1. The summed E-state index contributed by atoms with van der Waals surface area (Å²) >= 11 is 0. The van der Waals surface area contributed by atoms with Crippen LogP contribution in [0.5, 0.6) is 0 Å². The Morgan fingerprint density at radius 1 is 1.67 bits per heavy atom. The van der Waals surface area contributed by atoms with Crippen LogP contribution in [0.3, 0.4) is 0 Å². The van der Waals surface area contributed by atoms with Gasteiger partial charge in [0.1, 0.15) is 17.5 Å². The predicted molar refractivity (Wildman–Crippen MR) is 45.3 cm³/mol. The van der Waals surface area contributed by atoms with Crippen LogP contribution in [-0.2, 0) is 0 Å². The van der Waals surface area contributed by atoms with Crippen LogP contribution in [0.2, 0.25) is 0 Å². The second kappa shape index (κ2) is 3.96. The Kier molecular flexibility index (Phi) is 2.90. The number of nitro groups is 1. The molecule has 15 heavy (non-hydrogen) atoms. The molecule has 0 N–H and O–H groups in total. The molecule has 5 nitrogen and oxygen atoms in total. The molecule has 0 saturated carbocycles. The Morgan fingerprint density at radius 3 is 2.67 bits per heavy atom. The highest BCUT2D eigenvalue weighted by Gasteiger charge is 2.21. The molecule has 0 bridgehead atoms. The predicted octanol–water partition coefficient (Wildman–Crippen LogP) is 2.11. The maximum atomic E-state index is 12.3. The van der Waals surface area contributed by atoms with Gasteiger partial charge in [0, 0.05) is 6.07 Å². The van der Waals surface area contributed by atoms with E-state index in [-0.39, 0.29) is 5.69 Å². The average molecular weight is 213 g/mol. The SMILES string of the molecule is Cc1nc(C(F)F)c(C#N)cc1[N+](=O)[O-]. The number of alkyl halides is 2. The molecule has 0 radical (unpaired) electrons. The summed E-state index contributed by atoms with van der Waals surface area (Å²) in [5, 5.41) is 19.0. The summed E-state index contributed by atoms with van der Waals surface area (Å²) in [6, 6.07) is 2.26. The summed E-state index contributed by atoms with van der Waals surface area (Å²) in [4.78, 5) is 13.0. The molecule has 0 unspecified atom stereocenters.